The average Bonchev–Trinajstić information content (AvgIpc) is 2.78. The minimum absolute atomic E-state index is 0.0211. The number of nitrogens with two attached hydrogens (primary N) is 1. The Morgan fingerprint density at radius 1 is 1.35 bits per heavy atom. The lowest BCUT2D eigenvalue weighted by molar-refractivity contribution is 0.200. The zero-order valence-corrected chi connectivity index (χ0v) is 10.5. The maximum Gasteiger partial charge on any atom is 0.126 e. The van der Waals surface area contributed by atoms with Crippen molar-refractivity contribution in [3.05, 3.63) is 40.7 Å². The zero-order chi connectivity index (χ0) is 12.3. The number of nitrogens with zero attached hydrogens (tertiary/aromatic N) is 1. The summed E-state index contributed by atoms with van der Waals surface area (Å²) in [5, 5.41) is 2.75. The molecule has 0 radical (unpaired) electrons. The number of alkyl halides is 1. The van der Waals surface area contributed by atoms with Gasteiger partial charge in [0, 0.05) is 23.9 Å². The monoisotopic (exact) mass is 250 g/mol. The van der Waals surface area contributed by atoms with E-state index >= 15 is 0 Å². The van der Waals surface area contributed by atoms with E-state index in [-0.39, 0.29) is 13.0 Å². The second-order valence-electron chi connectivity index (χ2n) is 4.29. The Bertz CT molecular complexity index is 479. The third-order valence-electron chi connectivity index (χ3n) is 2.57. The van der Waals surface area contributed by atoms with Crippen molar-refractivity contribution in [2.45, 2.75) is 19.0 Å². The van der Waals surface area contributed by atoms with Crippen LogP contribution in [0.5, 0.6) is 0 Å². The number of rotatable bonds is 4. The molecular weight excluding hydrogens is 235 g/mol. The number of hydrogen-bond acceptors (Lipinski definition) is 3. The minimum atomic E-state index is -1.37. The van der Waals surface area contributed by atoms with Crippen molar-refractivity contribution in [2.75, 3.05) is 6.54 Å². The number of thiazole rings is 1. The SMILES string of the molecule is CC(F)(CN)Cc1nc(-c2ccccc2)cs1. The minimum Gasteiger partial charge on any atom is -0.328 e. The van der Waals surface area contributed by atoms with Gasteiger partial charge in [0.15, 0.2) is 0 Å². The van der Waals surface area contributed by atoms with E-state index in [1.165, 1.54) is 18.3 Å². The maximum atomic E-state index is 13.8. The van der Waals surface area contributed by atoms with Gasteiger partial charge >= 0.3 is 0 Å². The molecule has 0 amide bonds. The first-order chi connectivity index (χ1) is 8.11. The maximum absolute atomic E-state index is 13.8. The van der Waals surface area contributed by atoms with E-state index in [1.54, 1.807) is 0 Å². The molecule has 0 spiro atoms. The Labute approximate surface area is 104 Å². The highest BCUT2D eigenvalue weighted by Crippen LogP contribution is 2.25. The summed E-state index contributed by atoms with van der Waals surface area (Å²) in [6, 6.07) is 9.89. The molecule has 1 heterocycles. The van der Waals surface area contributed by atoms with Gasteiger partial charge in [-0.15, -0.1) is 11.3 Å². The second-order valence-corrected chi connectivity index (χ2v) is 5.23. The molecule has 1 aromatic heterocycles. The predicted molar refractivity (Wildman–Crippen MR) is 69.8 cm³/mol. The first-order valence-corrected chi connectivity index (χ1v) is 6.37. The summed E-state index contributed by atoms with van der Waals surface area (Å²) in [5.41, 5.74) is 5.96. The van der Waals surface area contributed by atoms with Crippen LogP contribution in [-0.4, -0.2) is 17.2 Å². The Morgan fingerprint density at radius 3 is 2.71 bits per heavy atom. The first-order valence-electron chi connectivity index (χ1n) is 5.49. The molecule has 0 saturated heterocycles. The molecular formula is C13H15FN2S. The second kappa shape index (κ2) is 4.94. The molecule has 2 N–H and O–H groups in total. The Morgan fingerprint density at radius 2 is 2.06 bits per heavy atom. The van der Waals surface area contributed by atoms with E-state index in [4.69, 9.17) is 5.73 Å². The van der Waals surface area contributed by atoms with Gasteiger partial charge in [-0.25, -0.2) is 9.37 Å². The lowest BCUT2D eigenvalue weighted by atomic mass is 10.1. The Kier molecular flexibility index (Phi) is 3.54. The van der Waals surface area contributed by atoms with Crippen LogP contribution in [0, 0.1) is 0 Å². The number of hydrogen-bond donors (Lipinski definition) is 1. The molecule has 0 aliphatic heterocycles. The van der Waals surface area contributed by atoms with Crippen LogP contribution in [0.15, 0.2) is 35.7 Å². The smallest absolute Gasteiger partial charge is 0.126 e. The zero-order valence-electron chi connectivity index (χ0n) is 9.69. The summed E-state index contributed by atoms with van der Waals surface area (Å²) < 4.78 is 13.8. The third kappa shape index (κ3) is 3.11. The molecule has 90 valence electrons. The Hall–Kier alpha value is -1.26. The summed E-state index contributed by atoms with van der Waals surface area (Å²) in [5.74, 6) is 0. The summed E-state index contributed by atoms with van der Waals surface area (Å²) >= 11 is 1.48. The third-order valence-corrected chi connectivity index (χ3v) is 3.42. The molecule has 17 heavy (non-hydrogen) atoms. The summed E-state index contributed by atoms with van der Waals surface area (Å²) in [6.07, 6.45) is 0.279. The predicted octanol–water partition coefficient (Wildman–Crippen LogP) is 3.04. The van der Waals surface area contributed by atoms with Crippen molar-refractivity contribution in [3.8, 4) is 11.3 Å². The van der Waals surface area contributed by atoms with Gasteiger partial charge in [-0.05, 0) is 6.92 Å². The van der Waals surface area contributed by atoms with Crippen LogP contribution in [0.1, 0.15) is 11.9 Å². The Balaban J connectivity index is 2.17. The van der Waals surface area contributed by atoms with Crippen LogP contribution in [0.2, 0.25) is 0 Å². The lowest BCUT2D eigenvalue weighted by Crippen LogP contribution is -2.31. The molecule has 2 rings (SSSR count). The molecule has 0 bridgehead atoms. The van der Waals surface area contributed by atoms with Gasteiger partial charge in [0.2, 0.25) is 0 Å². The summed E-state index contributed by atoms with van der Waals surface area (Å²) in [4.78, 5) is 4.44. The van der Waals surface area contributed by atoms with E-state index in [1.807, 2.05) is 35.7 Å². The van der Waals surface area contributed by atoms with Crippen LogP contribution in [-0.2, 0) is 6.42 Å². The van der Waals surface area contributed by atoms with Gasteiger partial charge in [0.05, 0.1) is 10.7 Å². The highest BCUT2D eigenvalue weighted by atomic mass is 32.1. The van der Waals surface area contributed by atoms with E-state index in [0.29, 0.717) is 0 Å². The van der Waals surface area contributed by atoms with Crippen molar-refractivity contribution in [1.82, 2.24) is 4.98 Å². The van der Waals surface area contributed by atoms with E-state index in [2.05, 4.69) is 4.98 Å². The molecule has 2 nitrogen and oxygen atoms in total. The molecule has 1 unspecified atom stereocenters. The van der Waals surface area contributed by atoms with Crippen LogP contribution < -0.4 is 5.73 Å². The topological polar surface area (TPSA) is 38.9 Å². The molecule has 0 aliphatic carbocycles. The molecule has 1 aromatic carbocycles. The van der Waals surface area contributed by atoms with Crippen LogP contribution in [0.3, 0.4) is 0 Å². The quantitative estimate of drug-likeness (QED) is 0.905. The van der Waals surface area contributed by atoms with Crippen LogP contribution >= 0.6 is 11.3 Å². The summed E-state index contributed by atoms with van der Waals surface area (Å²) in [6.45, 7) is 1.53. The lowest BCUT2D eigenvalue weighted by Gasteiger charge is -2.15. The number of aromatic nitrogens is 1. The molecule has 1 atom stereocenters. The molecule has 4 heteroatoms. The average molecular weight is 250 g/mol. The van der Waals surface area contributed by atoms with Gasteiger partial charge in [-0.2, -0.15) is 0 Å². The van der Waals surface area contributed by atoms with E-state index in [9.17, 15) is 4.39 Å². The van der Waals surface area contributed by atoms with Crippen LogP contribution in [0.25, 0.3) is 11.3 Å². The number of halogens is 1. The largest absolute Gasteiger partial charge is 0.328 e. The first kappa shape index (κ1) is 12.2. The van der Waals surface area contributed by atoms with Crippen molar-refractivity contribution < 1.29 is 4.39 Å². The van der Waals surface area contributed by atoms with Crippen molar-refractivity contribution >= 4 is 11.3 Å². The van der Waals surface area contributed by atoms with E-state index in [0.717, 1.165) is 16.3 Å². The van der Waals surface area contributed by atoms with Crippen LogP contribution in [0.4, 0.5) is 4.39 Å². The normalized spacial score (nSPS) is 14.5. The van der Waals surface area contributed by atoms with Crippen molar-refractivity contribution in [3.63, 3.8) is 0 Å². The molecule has 2 aromatic rings. The van der Waals surface area contributed by atoms with Crippen molar-refractivity contribution in [1.29, 1.82) is 0 Å². The fourth-order valence-electron chi connectivity index (χ4n) is 1.52. The fourth-order valence-corrected chi connectivity index (χ4v) is 2.49. The van der Waals surface area contributed by atoms with Gasteiger partial charge in [0.25, 0.3) is 0 Å². The van der Waals surface area contributed by atoms with E-state index < -0.39 is 5.67 Å². The molecule has 0 fully saturated rings. The number of benzene rings is 1. The molecule has 0 saturated carbocycles. The highest BCUT2D eigenvalue weighted by molar-refractivity contribution is 7.09. The van der Waals surface area contributed by atoms with Gasteiger partial charge in [-0.3, -0.25) is 0 Å². The fraction of sp³-hybridized carbons (Fsp3) is 0.308. The summed E-state index contributed by atoms with van der Waals surface area (Å²) in [7, 11) is 0. The molecule has 0 aliphatic rings. The van der Waals surface area contributed by atoms with Gasteiger partial charge in [0.1, 0.15) is 5.67 Å². The standard InChI is InChI=1S/C13H15FN2S/c1-13(14,9-15)7-12-16-11(8-17-12)10-5-3-2-4-6-10/h2-6,8H,7,9,15H2,1H3. The van der Waals surface area contributed by atoms with Crippen molar-refractivity contribution in [2.24, 2.45) is 5.73 Å². The van der Waals surface area contributed by atoms with Gasteiger partial charge in [-0.1, -0.05) is 30.3 Å². The highest BCUT2D eigenvalue weighted by Gasteiger charge is 2.23. The van der Waals surface area contributed by atoms with Gasteiger partial charge < -0.3 is 5.73 Å².